The largest absolute Gasteiger partial charge is 0.346 e. The molecule has 0 saturated carbocycles. The summed E-state index contributed by atoms with van der Waals surface area (Å²) in [5.41, 5.74) is 0.173. The average Bonchev–Trinajstić information content (AvgIpc) is 2.69. The fourth-order valence-corrected chi connectivity index (χ4v) is 3.00. The number of anilines is 1. The van der Waals surface area contributed by atoms with E-state index in [0.29, 0.717) is 17.3 Å². The Kier molecular flexibility index (Phi) is 4.73. The number of aryl methyl sites for hydroxylation is 1. The van der Waals surface area contributed by atoms with Crippen LogP contribution in [0.25, 0.3) is 0 Å². The van der Waals surface area contributed by atoms with Crippen LogP contribution < -0.4 is 11.0 Å². The fourth-order valence-electron chi connectivity index (χ4n) is 2.65. The fraction of sp³-hybridized carbons (Fsp3) is 0.400. The van der Waals surface area contributed by atoms with Crippen LogP contribution in [0.3, 0.4) is 0 Å². The first-order valence-electron chi connectivity index (χ1n) is 7.46. The minimum absolute atomic E-state index is 0.151. The molecule has 8 heteroatoms. The molecule has 1 aliphatic heterocycles. The highest BCUT2D eigenvalue weighted by Crippen LogP contribution is 2.29. The maximum Gasteiger partial charge on any atom is 0.346 e. The smallest absolute Gasteiger partial charge is 0.323 e. The number of nitrogens with zero attached hydrogens (tertiary/aromatic N) is 3. The second-order valence-corrected chi connectivity index (χ2v) is 6.25. The molecule has 122 valence electrons. The van der Waals surface area contributed by atoms with E-state index in [1.807, 2.05) is 0 Å². The summed E-state index contributed by atoms with van der Waals surface area (Å²) in [4.78, 5) is 24.5. The third-order valence-electron chi connectivity index (χ3n) is 3.80. The number of fused-ring (bicyclic) bond motifs is 1. The van der Waals surface area contributed by atoms with Gasteiger partial charge in [-0.05, 0) is 25.0 Å². The lowest BCUT2D eigenvalue weighted by atomic mass is 10.2. The standard InChI is InChI=1S/C15H16Cl2N4O2/c16-10-5-4-6-11(14(10)17)18-13(22)9-21-15(23)20-8-3-1-2-7-12(20)19-21/h4-6H,1-3,7-9H2,(H,18,22). The quantitative estimate of drug-likeness (QED) is 0.921. The van der Waals surface area contributed by atoms with Crippen molar-refractivity contribution in [2.24, 2.45) is 0 Å². The first-order chi connectivity index (χ1) is 11.1. The van der Waals surface area contributed by atoms with Gasteiger partial charge in [0.05, 0.1) is 15.7 Å². The SMILES string of the molecule is O=C(Cn1nc2n(c1=O)CCCCC2)Nc1cccc(Cl)c1Cl. The molecule has 1 aliphatic rings. The van der Waals surface area contributed by atoms with E-state index in [4.69, 9.17) is 23.2 Å². The second-order valence-electron chi connectivity index (χ2n) is 5.47. The molecule has 0 unspecified atom stereocenters. The number of carbonyl (C=O) groups is 1. The molecule has 0 saturated heterocycles. The van der Waals surface area contributed by atoms with Gasteiger partial charge < -0.3 is 5.32 Å². The van der Waals surface area contributed by atoms with Crippen molar-refractivity contribution in [3.8, 4) is 0 Å². The first kappa shape index (κ1) is 16.1. The van der Waals surface area contributed by atoms with Crippen LogP contribution in [0.15, 0.2) is 23.0 Å². The third-order valence-corrected chi connectivity index (χ3v) is 4.62. The summed E-state index contributed by atoms with van der Waals surface area (Å²) in [5, 5.41) is 7.56. The number of benzene rings is 1. The molecule has 2 aromatic rings. The zero-order valence-corrected chi connectivity index (χ0v) is 13.9. The Morgan fingerprint density at radius 1 is 1.26 bits per heavy atom. The lowest BCUT2D eigenvalue weighted by molar-refractivity contribution is -0.117. The van der Waals surface area contributed by atoms with Gasteiger partial charge in [0, 0.05) is 13.0 Å². The Morgan fingerprint density at radius 2 is 2.09 bits per heavy atom. The predicted octanol–water partition coefficient (Wildman–Crippen LogP) is 2.72. The molecule has 1 amide bonds. The van der Waals surface area contributed by atoms with Crippen LogP contribution in [0.5, 0.6) is 0 Å². The molecule has 0 fully saturated rings. The van der Waals surface area contributed by atoms with Crippen LogP contribution in [-0.2, 0) is 24.3 Å². The zero-order valence-electron chi connectivity index (χ0n) is 12.4. The van der Waals surface area contributed by atoms with E-state index in [1.54, 1.807) is 22.8 Å². The average molecular weight is 355 g/mol. The normalized spacial score (nSPS) is 14.2. The summed E-state index contributed by atoms with van der Waals surface area (Å²) in [6.45, 7) is 0.511. The molecular formula is C15H16Cl2N4O2. The minimum atomic E-state index is -0.371. The van der Waals surface area contributed by atoms with E-state index in [-0.39, 0.29) is 23.2 Å². The Bertz CT molecular complexity index is 797. The molecule has 0 radical (unpaired) electrons. The van der Waals surface area contributed by atoms with Crippen LogP contribution >= 0.6 is 23.2 Å². The molecule has 0 aliphatic carbocycles. The highest BCUT2D eigenvalue weighted by atomic mass is 35.5. The van der Waals surface area contributed by atoms with Crippen molar-refractivity contribution in [1.29, 1.82) is 0 Å². The van der Waals surface area contributed by atoms with E-state index in [0.717, 1.165) is 31.5 Å². The van der Waals surface area contributed by atoms with Gasteiger partial charge in [0.25, 0.3) is 0 Å². The van der Waals surface area contributed by atoms with Crippen LogP contribution in [-0.4, -0.2) is 20.3 Å². The summed E-state index contributed by atoms with van der Waals surface area (Å²) < 4.78 is 2.86. The summed E-state index contributed by atoms with van der Waals surface area (Å²) in [5.74, 6) is 0.380. The van der Waals surface area contributed by atoms with Crippen molar-refractivity contribution in [2.45, 2.75) is 38.8 Å². The van der Waals surface area contributed by atoms with Crippen molar-refractivity contribution >= 4 is 34.8 Å². The summed E-state index contributed by atoms with van der Waals surface area (Å²) >= 11 is 11.9. The topological polar surface area (TPSA) is 68.9 Å². The van der Waals surface area contributed by atoms with Crippen LogP contribution in [0.1, 0.15) is 25.1 Å². The number of nitrogens with one attached hydrogen (secondary N) is 1. The van der Waals surface area contributed by atoms with E-state index < -0.39 is 0 Å². The number of aromatic nitrogens is 3. The molecule has 0 atom stereocenters. The number of amides is 1. The van der Waals surface area contributed by atoms with Gasteiger partial charge >= 0.3 is 5.69 Å². The Balaban J connectivity index is 1.76. The number of carbonyl (C=O) groups excluding carboxylic acids is 1. The lowest BCUT2D eigenvalue weighted by Gasteiger charge is -2.07. The highest BCUT2D eigenvalue weighted by Gasteiger charge is 2.17. The molecule has 1 N–H and O–H groups in total. The van der Waals surface area contributed by atoms with Gasteiger partial charge in [0.2, 0.25) is 5.91 Å². The molecule has 6 nitrogen and oxygen atoms in total. The van der Waals surface area contributed by atoms with Gasteiger partial charge in [0.1, 0.15) is 12.4 Å². The summed E-state index contributed by atoms with van der Waals surface area (Å²) in [6.07, 6.45) is 3.84. The predicted molar refractivity (Wildman–Crippen MR) is 89.1 cm³/mol. The maximum atomic E-state index is 12.3. The van der Waals surface area contributed by atoms with Crippen LogP contribution in [0, 0.1) is 0 Å². The van der Waals surface area contributed by atoms with Crippen LogP contribution in [0.2, 0.25) is 10.0 Å². The molecule has 1 aromatic carbocycles. The van der Waals surface area contributed by atoms with E-state index in [1.165, 1.54) is 4.68 Å². The van der Waals surface area contributed by atoms with Crippen LogP contribution in [0.4, 0.5) is 5.69 Å². The van der Waals surface area contributed by atoms with Crippen molar-refractivity contribution < 1.29 is 4.79 Å². The number of hydrogen-bond acceptors (Lipinski definition) is 3. The molecule has 1 aromatic heterocycles. The number of hydrogen-bond donors (Lipinski definition) is 1. The van der Waals surface area contributed by atoms with Gasteiger partial charge in [0.15, 0.2) is 0 Å². The molecule has 2 heterocycles. The zero-order chi connectivity index (χ0) is 16.4. The van der Waals surface area contributed by atoms with Gasteiger partial charge in [-0.1, -0.05) is 35.7 Å². The molecular weight excluding hydrogens is 339 g/mol. The summed E-state index contributed by atoms with van der Waals surface area (Å²) in [7, 11) is 0. The minimum Gasteiger partial charge on any atom is -0.323 e. The molecule has 3 rings (SSSR count). The van der Waals surface area contributed by atoms with Crippen molar-refractivity contribution in [2.75, 3.05) is 5.32 Å². The number of halogens is 2. The van der Waals surface area contributed by atoms with Crippen molar-refractivity contribution in [1.82, 2.24) is 14.3 Å². The molecule has 0 spiro atoms. The van der Waals surface area contributed by atoms with Gasteiger partial charge in [-0.3, -0.25) is 9.36 Å². The lowest BCUT2D eigenvalue weighted by Crippen LogP contribution is -2.30. The Labute approximate surface area is 143 Å². The van der Waals surface area contributed by atoms with Gasteiger partial charge in [-0.2, -0.15) is 5.10 Å². The first-order valence-corrected chi connectivity index (χ1v) is 8.22. The van der Waals surface area contributed by atoms with E-state index in [2.05, 4.69) is 10.4 Å². The van der Waals surface area contributed by atoms with E-state index in [9.17, 15) is 9.59 Å². The second kappa shape index (κ2) is 6.76. The summed E-state index contributed by atoms with van der Waals surface area (Å²) in [6, 6.07) is 4.97. The third kappa shape index (κ3) is 3.43. The highest BCUT2D eigenvalue weighted by molar-refractivity contribution is 6.43. The Morgan fingerprint density at radius 3 is 2.91 bits per heavy atom. The van der Waals surface area contributed by atoms with Gasteiger partial charge in [-0.15, -0.1) is 0 Å². The monoisotopic (exact) mass is 354 g/mol. The van der Waals surface area contributed by atoms with Crippen molar-refractivity contribution in [3.63, 3.8) is 0 Å². The van der Waals surface area contributed by atoms with Gasteiger partial charge in [-0.25, -0.2) is 9.48 Å². The molecule has 23 heavy (non-hydrogen) atoms. The number of rotatable bonds is 3. The molecule has 0 bridgehead atoms. The maximum absolute atomic E-state index is 12.3. The van der Waals surface area contributed by atoms with Crippen molar-refractivity contribution in [3.05, 3.63) is 44.6 Å². The Hall–Kier alpha value is -1.79. The van der Waals surface area contributed by atoms with E-state index >= 15 is 0 Å².